The maximum absolute atomic E-state index is 12.0. The van der Waals surface area contributed by atoms with Gasteiger partial charge in [0.15, 0.2) is 0 Å². The molecule has 162 valence electrons. The largest absolute Gasteiger partial charge is 0.294 e. The first kappa shape index (κ1) is 22.4. The van der Waals surface area contributed by atoms with Gasteiger partial charge in [0.05, 0.1) is 12.1 Å². The summed E-state index contributed by atoms with van der Waals surface area (Å²) in [7, 11) is 0. The van der Waals surface area contributed by atoms with Gasteiger partial charge in [0, 0.05) is 42.1 Å². The smallest absolute Gasteiger partial charge is 0.234 e. The number of likely N-dealkylation sites (tertiary alicyclic amines) is 1. The van der Waals surface area contributed by atoms with Crippen molar-refractivity contribution in [2.75, 3.05) is 19.6 Å². The summed E-state index contributed by atoms with van der Waals surface area (Å²) in [6.45, 7) is 1.90. The van der Waals surface area contributed by atoms with Crippen molar-refractivity contribution in [3.8, 4) is 0 Å². The average Bonchev–Trinajstić information content (AvgIpc) is 2.74. The highest BCUT2D eigenvalue weighted by Gasteiger charge is 2.39. The molecule has 1 saturated heterocycles. The summed E-state index contributed by atoms with van der Waals surface area (Å²) in [5.74, 6) is 0. The fraction of sp³-hybridized carbons (Fsp3) is 0.261. The van der Waals surface area contributed by atoms with Crippen LogP contribution < -0.4 is 0 Å². The Morgan fingerprint density at radius 2 is 1.48 bits per heavy atom. The maximum Gasteiger partial charge on any atom is 0.234 e. The Bertz CT molecular complexity index is 968. The topological polar surface area (TPSA) is 56.7 Å². The van der Waals surface area contributed by atoms with Gasteiger partial charge in [0.1, 0.15) is 0 Å². The first-order chi connectivity index (χ1) is 15.0. The average molecular weight is 476 g/mol. The normalized spacial score (nSPS) is 15.9. The van der Waals surface area contributed by atoms with E-state index in [9.17, 15) is 8.76 Å². The third-order valence-electron chi connectivity index (χ3n) is 5.61. The fourth-order valence-corrected chi connectivity index (χ4v) is 4.85. The third-order valence-corrected chi connectivity index (χ3v) is 6.99. The lowest BCUT2D eigenvalue weighted by Gasteiger charge is -2.47. The Labute approximate surface area is 195 Å². The Morgan fingerprint density at radius 3 is 1.97 bits per heavy atom. The summed E-state index contributed by atoms with van der Waals surface area (Å²) in [4.78, 5) is 6.33. The van der Waals surface area contributed by atoms with Crippen molar-refractivity contribution in [2.45, 2.75) is 18.5 Å². The van der Waals surface area contributed by atoms with Crippen molar-refractivity contribution in [3.63, 3.8) is 0 Å². The second-order valence-electron chi connectivity index (χ2n) is 7.59. The zero-order chi connectivity index (χ0) is 21.8. The molecule has 1 unspecified atom stereocenters. The Hall–Kier alpha value is -1.80. The van der Waals surface area contributed by atoms with Gasteiger partial charge >= 0.3 is 0 Å². The van der Waals surface area contributed by atoms with E-state index in [0.717, 1.165) is 16.7 Å². The Kier molecular flexibility index (Phi) is 7.38. The van der Waals surface area contributed by atoms with Gasteiger partial charge in [-0.3, -0.25) is 14.4 Å². The van der Waals surface area contributed by atoms with Gasteiger partial charge < -0.3 is 0 Å². The molecule has 8 heteroatoms. The highest BCUT2D eigenvalue weighted by Crippen LogP contribution is 2.35. The van der Waals surface area contributed by atoms with Crippen molar-refractivity contribution >= 4 is 34.5 Å². The number of hydrogen-bond donors (Lipinski definition) is 1. The SMILES string of the molecule is O=S(O)N(CCc1ccncc1)C1CN(C(c2ccc(Cl)cc2)c2ccc(Cl)cc2)C1. The highest BCUT2D eigenvalue weighted by atomic mass is 35.5. The number of halogens is 2. The molecule has 0 aliphatic carbocycles. The minimum atomic E-state index is -2.02. The molecule has 0 radical (unpaired) electrons. The van der Waals surface area contributed by atoms with Crippen molar-refractivity contribution < 1.29 is 8.76 Å². The lowest BCUT2D eigenvalue weighted by Crippen LogP contribution is -2.60. The monoisotopic (exact) mass is 475 g/mol. The zero-order valence-electron chi connectivity index (χ0n) is 16.8. The molecule has 3 aromatic rings. The second kappa shape index (κ2) is 10.2. The number of aromatic nitrogens is 1. The van der Waals surface area contributed by atoms with Crippen LogP contribution in [0, 0.1) is 0 Å². The van der Waals surface area contributed by atoms with Gasteiger partial charge in [-0.05, 0) is 59.5 Å². The zero-order valence-corrected chi connectivity index (χ0v) is 19.1. The predicted molar refractivity (Wildman–Crippen MR) is 126 cm³/mol. The molecular weight excluding hydrogens is 453 g/mol. The van der Waals surface area contributed by atoms with E-state index in [1.807, 2.05) is 60.7 Å². The first-order valence-electron chi connectivity index (χ1n) is 10.0. The number of pyridine rings is 1. The minimum Gasteiger partial charge on any atom is -0.294 e. The van der Waals surface area contributed by atoms with Crippen LogP contribution in [0.1, 0.15) is 22.7 Å². The van der Waals surface area contributed by atoms with Gasteiger partial charge in [-0.25, -0.2) is 4.21 Å². The molecule has 0 amide bonds. The van der Waals surface area contributed by atoms with E-state index in [4.69, 9.17) is 23.2 Å². The lowest BCUT2D eigenvalue weighted by molar-refractivity contribution is 0.0529. The van der Waals surface area contributed by atoms with Crippen LogP contribution >= 0.6 is 23.2 Å². The Balaban J connectivity index is 1.48. The van der Waals surface area contributed by atoms with Gasteiger partial charge in [-0.15, -0.1) is 0 Å². The van der Waals surface area contributed by atoms with Crippen LogP contribution in [-0.4, -0.2) is 48.6 Å². The first-order valence-corrected chi connectivity index (χ1v) is 11.8. The summed E-state index contributed by atoms with van der Waals surface area (Å²) in [5, 5.41) is 1.39. The van der Waals surface area contributed by atoms with E-state index in [2.05, 4.69) is 9.88 Å². The van der Waals surface area contributed by atoms with Crippen molar-refractivity contribution in [1.82, 2.24) is 14.2 Å². The highest BCUT2D eigenvalue weighted by molar-refractivity contribution is 7.76. The molecule has 1 aliphatic heterocycles. The molecule has 5 nitrogen and oxygen atoms in total. The number of rotatable bonds is 8. The van der Waals surface area contributed by atoms with Gasteiger partial charge in [0.2, 0.25) is 11.3 Å². The van der Waals surface area contributed by atoms with Crippen LogP contribution in [0.25, 0.3) is 0 Å². The van der Waals surface area contributed by atoms with Crippen molar-refractivity contribution in [1.29, 1.82) is 0 Å². The van der Waals surface area contributed by atoms with Crippen LogP contribution in [0.3, 0.4) is 0 Å². The summed E-state index contributed by atoms with van der Waals surface area (Å²) < 4.78 is 23.6. The van der Waals surface area contributed by atoms with Gasteiger partial charge in [0.25, 0.3) is 0 Å². The van der Waals surface area contributed by atoms with Crippen LogP contribution in [-0.2, 0) is 17.7 Å². The molecule has 0 bridgehead atoms. The molecule has 1 fully saturated rings. The van der Waals surface area contributed by atoms with E-state index in [1.165, 1.54) is 0 Å². The molecule has 2 heterocycles. The van der Waals surface area contributed by atoms with Crippen LogP contribution in [0.15, 0.2) is 73.1 Å². The van der Waals surface area contributed by atoms with Gasteiger partial charge in [-0.1, -0.05) is 47.5 Å². The molecule has 2 aromatic carbocycles. The van der Waals surface area contributed by atoms with Crippen LogP contribution in [0.5, 0.6) is 0 Å². The summed E-state index contributed by atoms with van der Waals surface area (Å²) >= 11 is 10.2. The fourth-order valence-electron chi connectivity index (χ4n) is 3.96. The van der Waals surface area contributed by atoms with E-state index in [1.54, 1.807) is 16.7 Å². The van der Waals surface area contributed by atoms with Crippen molar-refractivity contribution in [3.05, 3.63) is 99.8 Å². The molecule has 0 saturated carbocycles. The van der Waals surface area contributed by atoms with Crippen LogP contribution in [0.4, 0.5) is 0 Å². The molecule has 1 aromatic heterocycles. The molecule has 1 aliphatic rings. The summed E-state index contributed by atoms with van der Waals surface area (Å²) in [5.41, 5.74) is 3.35. The third kappa shape index (κ3) is 5.52. The molecule has 31 heavy (non-hydrogen) atoms. The number of hydrogen-bond acceptors (Lipinski definition) is 3. The maximum atomic E-state index is 12.0. The van der Waals surface area contributed by atoms with E-state index < -0.39 is 11.3 Å². The molecular formula is C23H23Cl2N3O2S. The van der Waals surface area contributed by atoms with E-state index >= 15 is 0 Å². The lowest BCUT2D eigenvalue weighted by atomic mass is 9.93. The predicted octanol–water partition coefficient (Wildman–Crippen LogP) is 4.84. The van der Waals surface area contributed by atoms with E-state index in [-0.39, 0.29) is 12.1 Å². The van der Waals surface area contributed by atoms with Crippen molar-refractivity contribution in [2.24, 2.45) is 0 Å². The summed E-state index contributed by atoms with van der Waals surface area (Å²) in [6, 6.07) is 19.6. The number of benzene rings is 2. The quantitative estimate of drug-likeness (QED) is 0.473. The molecule has 4 rings (SSSR count). The number of nitrogens with zero attached hydrogens (tertiary/aromatic N) is 3. The minimum absolute atomic E-state index is 0.00905. The van der Waals surface area contributed by atoms with Crippen LogP contribution in [0.2, 0.25) is 10.0 Å². The van der Waals surface area contributed by atoms with Gasteiger partial charge in [-0.2, -0.15) is 4.31 Å². The molecule has 0 spiro atoms. The molecule has 1 atom stereocenters. The molecule has 1 N–H and O–H groups in total. The Morgan fingerprint density at radius 1 is 0.968 bits per heavy atom. The van der Waals surface area contributed by atoms with E-state index in [0.29, 0.717) is 36.1 Å². The standard InChI is InChI=1S/C23H23Cl2N3O2S/c24-20-5-1-18(2-6-20)23(19-3-7-21(25)8-4-19)27-15-22(16-27)28(31(29)30)14-11-17-9-12-26-13-10-17/h1-10,12-13,22-23H,11,14-16H2,(H,29,30). The summed E-state index contributed by atoms with van der Waals surface area (Å²) in [6.07, 6.45) is 4.18. The second-order valence-corrected chi connectivity index (χ2v) is 9.39.